The molecule has 0 aromatic carbocycles. The molecular formula is C10H15NO2S. The van der Waals surface area contributed by atoms with Crippen LogP contribution in [-0.2, 0) is 11.2 Å². The number of hydrogen-bond acceptors (Lipinski definition) is 4. The van der Waals surface area contributed by atoms with Gasteiger partial charge in [0.25, 0.3) is 0 Å². The standard InChI is InChI=1S/C10H15NO2S/c1-6(2)10(13)9(12)4-8-5-14-7(3)11-8/h5-6,10,13H,4H2,1-3H3. The fraction of sp³-hybridized carbons (Fsp3) is 0.600. The first kappa shape index (κ1) is 11.3. The second-order valence-corrected chi connectivity index (χ2v) is 4.75. The van der Waals surface area contributed by atoms with Crippen molar-refractivity contribution in [2.75, 3.05) is 0 Å². The van der Waals surface area contributed by atoms with Crippen LogP contribution in [-0.4, -0.2) is 22.0 Å². The summed E-state index contributed by atoms with van der Waals surface area (Å²) in [7, 11) is 0. The van der Waals surface area contributed by atoms with Gasteiger partial charge in [-0.15, -0.1) is 11.3 Å². The highest BCUT2D eigenvalue weighted by Crippen LogP contribution is 2.11. The molecule has 4 heteroatoms. The molecule has 0 radical (unpaired) electrons. The van der Waals surface area contributed by atoms with Gasteiger partial charge in [-0.3, -0.25) is 4.79 Å². The zero-order chi connectivity index (χ0) is 10.7. The highest BCUT2D eigenvalue weighted by Gasteiger charge is 2.19. The Kier molecular flexibility index (Phi) is 3.77. The molecule has 1 rings (SSSR count). The summed E-state index contributed by atoms with van der Waals surface area (Å²) in [5, 5.41) is 12.3. The predicted molar refractivity (Wildman–Crippen MR) is 56.4 cm³/mol. The lowest BCUT2D eigenvalue weighted by molar-refractivity contribution is -0.128. The normalized spacial score (nSPS) is 13.2. The van der Waals surface area contributed by atoms with Crippen LogP contribution in [0.3, 0.4) is 0 Å². The van der Waals surface area contributed by atoms with Gasteiger partial charge in [-0.2, -0.15) is 0 Å². The van der Waals surface area contributed by atoms with Gasteiger partial charge in [0, 0.05) is 5.38 Å². The minimum Gasteiger partial charge on any atom is -0.385 e. The van der Waals surface area contributed by atoms with E-state index in [-0.39, 0.29) is 18.1 Å². The number of aliphatic hydroxyl groups is 1. The maximum absolute atomic E-state index is 11.5. The van der Waals surface area contributed by atoms with E-state index in [1.54, 1.807) is 0 Å². The number of aryl methyl sites for hydroxylation is 1. The molecule has 0 spiro atoms. The van der Waals surface area contributed by atoms with E-state index in [0.717, 1.165) is 10.7 Å². The molecule has 1 unspecified atom stereocenters. The van der Waals surface area contributed by atoms with E-state index >= 15 is 0 Å². The fourth-order valence-corrected chi connectivity index (χ4v) is 1.76. The number of aliphatic hydroxyl groups excluding tert-OH is 1. The van der Waals surface area contributed by atoms with E-state index in [1.165, 1.54) is 11.3 Å². The van der Waals surface area contributed by atoms with Crippen molar-refractivity contribution in [3.63, 3.8) is 0 Å². The van der Waals surface area contributed by atoms with Crippen LogP contribution in [0.5, 0.6) is 0 Å². The Morgan fingerprint density at radius 1 is 1.64 bits per heavy atom. The second-order valence-electron chi connectivity index (χ2n) is 3.69. The van der Waals surface area contributed by atoms with Crippen molar-refractivity contribution in [2.45, 2.75) is 33.3 Å². The first-order chi connectivity index (χ1) is 6.50. The van der Waals surface area contributed by atoms with Crippen LogP contribution in [0.25, 0.3) is 0 Å². The molecule has 78 valence electrons. The van der Waals surface area contributed by atoms with E-state index in [0.29, 0.717) is 0 Å². The SMILES string of the molecule is Cc1nc(CC(=O)C(O)C(C)C)cs1. The van der Waals surface area contributed by atoms with Gasteiger partial charge in [-0.25, -0.2) is 4.98 Å². The minimum atomic E-state index is -0.864. The van der Waals surface area contributed by atoms with Crippen molar-refractivity contribution in [3.8, 4) is 0 Å². The van der Waals surface area contributed by atoms with Gasteiger partial charge in [0.05, 0.1) is 17.1 Å². The number of carbonyl (C=O) groups is 1. The number of nitrogens with zero attached hydrogens (tertiary/aromatic N) is 1. The van der Waals surface area contributed by atoms with Crippen LogP contribution in [0.4, 0.5) is 0 Å². The van der Waals surface area contributed by atoms with E-state index in [4.69, 9.17) is 0 Å². The molecule has 0 aliphatic rings. The molecule has 1 atom stereocenters. The maximum atomic E-state index is 11.5. The summed E-state index contributed by atoms with van der Waals surface area (Å²) >= 11 is 1.52. The number of hydrogen-bond donors (Lipinski definition) is 1. The maximum Gasteiger partial charge on any atom is 0.167 e. The highest BCUT2D eigenvalue weighted by atomic mass is 32.1. The molecule has 0 aliphatic heterocycles. The third-order valence-corrected chi connectivity index (χ3v) is 2.81. The van der Waals surface area contributed by atoms with Crippen LogP contribution in [0.2, 0.25) is 0 Å². The van der Waals surface area contributed by atoms with Gasteiger partial charge in [0.1, 0.15) is 6.10 Å². The molecule has 1 heterocycles. The van der Waals surface area contributed by atoms with Crippen LogP contribution >= 0.6 is 11.3 Å². The van der Waals surface area contributed by atoms with Gasteiger partial charge >= 0.3 is 0 Å². The van der Waals surface area contributed by atoms with Gasteiger partial charge in [0.2, 0.25) is 0 Å². The van der Waals surface area contributed by atoms with Crippen molar-refractivity contribution >= 4 is 17.1 Å². The van der Waals surface area contributed by atoms with Crippen molar-refractivity contribution in [1.29, 1.82) is 0 Å². The van der Waals surface area contributed by atoms with Gasteiger partial charge in [-0.05, 0) is 12.8 Å². The molecule has 14 heavy (non-hydrogen) atoms. The Bertz CT molecular complexity index is 320. The van der Waals surface area contributed by atoms with E-state index < -0.39 is 6.10 Å². The van der Waals surface area contributed by atoms with Crippen molar-refractivity contribution < 1.29 is 9.90 Å². The third kappa shape index (κ3) is 2.89. The summed E-state index contributed by atoms with van der Waals surface area (Å²) in [4.78, 5) is 15.7. The van der Waals surface area contributed by atoms with Crippen molar-refractivity contribution in [2.24, 2.45) is 5.92 Å². The predicted octanol–water partition coefficient (Wildman–Crippen LogP) is 1.58. The van der Waals surface area contributed by atoms with Crippen molar-refractivity contribution in [1.82, 2.24) is 4.98 Å². The molecule has 1 aromatic rings. The smallest absolute Gasteiger partial charge is 0.167 e. The number of ketones is 1. The molecule has 0 saturated carbocycles. The Labute approximate surface area is 87.8 Å². The summed E-state index contributed by atoms with van der Waals surface area (Å²) < 4.78 is 0. The fourth-order valence-electron chi connectivity index (χ4n) is 1.14. The van der Waals surface area contributed by atoms with Crippen LogP contribution < -0.4 is 0 Å². The van der Waals surface area contributed by atoms with E-state index in [2.05, 4.69) is 4.98 Å². The largest absolute Gasteiger partial charge is 0.385 e. The second kappa shape index (κ2) is 4.66. The molecule has 1 N–H and O–H groups in total. The number of aromatic nitrogens is 1. The minimum absolute atomic E-state index is 0.0257. The van der Waals surface area contributed by atoms with Gasteiger partial charge in [-0.1, -0.05) is 13.8 Å². The Morgan fingerprint density at radius 3 is 2.71 bits per heavy atom. The molecule has 0 saturated heterocycles. The number of Topliss-reactive ketones (excluding diaryl/α,β-unsaturated/α-hetero) is 1. The molecule has 0 aliphatic carbocycles. The number of thiazole rings is 1. The molecule has 0 fully saturated rings. The summed E-state index contributed by atoms with van der Waals surface area (Å²) in [5.41, 5.74) is 0.761. The Morgan fingerprint density at radius 2 is 2.29 bits per heavy atom. The average molecular weight is 213 g/mol. The van der Waals surface area contributed by atoms with Gasteiger partial charge in [0.15, 0.2) is 5.78 Å². The summed E-state index contributed by atoms with van der Waals surface area (Å²) in [6.07, 6.45) is -0.624. The monoisotopic (exact) mass is 213 g/mol. The van der Waals surface area contributed by atoms with Crippen LogP contribution in [0.15, 0.2) is 5.38 Å². The first-order valence-corrected chi connectivity index (χ1v) is 5.50. The third-order valence-electron chi connectivity index (χ3n) is 1.98. The lowest BCUT2D eigenvalue weighted by Crippen LogP contribution is -2.27. The summed E-state index contributed by atoms with van der Waals surface area (Å²) in [6, 6.07) is 0. The topological polar surface area (TPSA) is 50.2 Å². The Hall–Kier alpha value is -0.740. The Balaban J connectivity index is 2.57. The zero-order valence-corrected chi connectivity index (χ0v) is 9.47. The zero-order valence-electron chi connectivity index (χ0n) is 8.65. The van der Waals surface area contributed by atoms with Crippen molar-refractivity contribution in [3.05, 3.63) is 16.1 Å². The molecule has 3 nitrogen and oxygen atoms in total. The van der Waals surface area contributed by atoms with Gasteiger partial charge < -0.3 is 5.11 Å². The van der Waals surface area contributed by atoms with E-state index in [1.807, 2.05) is 26.2 Å². The average Bonchev–Trinajstić information content (AvgIpc) is 2.49. The number of carbonyl (C=O) groups excluding carboxylic acids is 1. The quantitative estimate of drug-likeness (QED) is 0.826. The summed E-state index contributed by atoms with van der Waals surface area (Å²) in [5.74, 6) is -0.174. The lowest BCUT2D eigenvalue weighted by atomic mass is 10.0. The summed E-state index contributed by atoms with van der Waals surface area (Å²) in [6.45, 7) is 5.56. The van der Waals surface area contributed by atoms with E-state index in [9.17, 15) is 9.90 Å². The molecular weight excluding hydrogens is 198 g/mol. The first-order valence-electron chi connectivity index (χ1n) is 4.62. The van der Waals surface area contributed by atoms with Crippen LogP contribution in [0, 0.1) is 12.8 Å². The van der Waals surface area contributed by atoms with Crippen LogP contribution in [0.1, 0.15) is 24.5 Å². The lowest BCUT2D eigenvalue weighted by Gasteiger charge is -2.11. The molecule has 1 aromatic heterocycles. The number of rotatable bonds is 4. The molecule has 0 amide bonds. The highest BCUT2D eigenvalue weighted by molar-refractivity contribution is 7.09. The molecule has 0 bridgehead atoms.